The molecule has 0 heterocycles. The SMILES string of the molecule is Cc1ccc(N(CC(=O)N(Cc2ccccc2C)[C@H](C)C(=O)NC(C)(C)C)S(=O)(=O)c2ccccc2)cc1. The maximum absolute atomic E-state index is 13.9. The minimum absolute atomic E-state index is 0.0809. The van der Waals surface area contributed by atoms with Crippen molar-refractivity contribution in [3.8, 4) is 0 Å². The summed E-state index contributed by atoms with van der Waals surface area (Å²) in [4.78, 5) is 28.6. The summed E-state index contributed by atoms with van der Waals surface area (Å²) in [5, 5.41) is 2.94. The number of carbonyl (C=O) groups excluding carboxylic acids is 2. The number of benzene rings is 3. The number of hydrogen-bond acceptors (Lipinski definition) is 4. The quantitative estimate of drug-likeness (QED) is 0.425. The van der Waals surface area contributed by atoms with Crippen LogP contribution in [0.4, 0.5) is 5.69 Å². The minimum Gasteiger partial charge on any atom is -0.350 e. The molecule has 0 aromatic heterocycles. The van der Waals surface area contributed by atoms with Crippen LogP contribution in [-0.4, -0.2) is 43.3 Å². The van der Waals surface area contributed by atoms with Gasteiger partial charge in [-0.25, -0.2) is 8.42 Å². The molecule has 2 amide bonds. The Bertz CT molecular complexity index is 1360. The van der Waals surface area contributed by atoms with Crippen molar-refractivity contribution in [1.82, 2.24) is 10.2 Å². The number of amides is 2. The van der Waals surface area contributed by atoms with Crippen LogP contribution >= 0.6 is 0 Å². The second-order valence-electron chi connectivity index (χ2n) is 10.5. The molecule has 7 nitrogen and oxygen atoms in total. The first-order valence-corrected chi connectivity index (χ1v) is 14.0. The number of rotatable bonds is 9. The number of anilines is 1. The molecule has 0 aliphatic rings. The van der Waals surface area contributed by atoms with Gasteiger partial charge in [0.05, 0.1) is 10.6 Å². The predicted octanol–water partition coefficient (Wildman–Crippen LogP) is 4.83. The van der Waals surface area contributed by atoms with Crippen molar-refractivity contribution in [3.63, 3.8) is 0 Å². The van der Waals surface area contributed by atoms with Gasteiger partial charge in [-0.2, -0.15) is 0 Å². The average molecular weight is 536 g/mol. The lowest BCUT2D eigenvalue weighted by Crippen LogP contribution is -2.54. The molecule has 8 heteroatoms. The van der Waals surface area contributed by atoms with E-state index in [1.807, 2.05) is 58.9 Å². The number of aryl methyl sites for hydroxylation is 2. The second-order valence-corrected chi connectivity index (χ2v) is 12.4. The highest BCUT2D eigenvalue weighted by Crippen LogP contribution is 2.25. The highest BCUT2D eigenvalue weighted by atomic mass is 32.2. The van der Waals surface area contributed by atoms with Crippen LogP contribution in [-0.2, 0) is 26.2 Å². The van der Waals surface area contributed by atoms with E-state index in [-0.39, 0.29) is 17.3 Å². The van der Waals surface area contributed by atoms with Crippen LogP contribution in [0, 0.1) is 13.8 Å². The monoisotopic (exact) mass is 535 g/mol. The fraction of sp³-hybridized carbons (Fsp3) is 0.333. The van der Waals surface area contributed by atoms with Gasteiger partial charge in [-0.1, -0.05) is 60.2 Å². The van der Waals surface area contributed by atoms with Crippen molar-refractivity contribution in [2.45, 2.75) is 64.6 Å². The summed E-state index contributed by atoms with van der Waals surface area (Å²) in [6, 6.07) is 21.8. The van der Waals surface area contributed by atoms with Crippen LogP contribution in [0.1, 0.15) is 44.4 Å². The van der Waals surface area contributed by atoms with E-state index in [1.165, 1.54) is 17.0 Å². The number of hydrogen-bond donors (Lipinski definition) is 1. The fourth-order valence-electron chi connectivity index (χ4n) is 3.99. The molecule has 38 heavy (non-hydrogen) atoms. The Labute approximate surface area is 226 Å². The smallest absolute Gasteiger partial charge is 0.264 e. The molecular formula is C30H37N3O4S. The fourth-order valence-corrected chi connectivity index (χ4v) is 5.42. The number of nitrogens with one attached hydrogen (secondary N) is 1. The molecule has 3 aromatic rings. The molecule has 0 fully saturated rings. The summed E-state index contributed by atoms with van der Waals surface area (Å²) in [5.74, 6) is -0.794. The Kier molecular flexibility index (Phi) is 8.99. The van der Waals surface area contributed by atoms with Crippen molar-refractivity contribution in [2.24, 2.45) is 0 Å². The van der Waals surface area contributed by atoms with Gasteiger partial charge in [0.25, 0.3) is 10.0 Å². The Morgan fingerprint density at radius 2 is 1.45 bits per heavy atom. The van der Waals surface area contributed by atoms with Crippen LogP contribution in [0.5, 0.6) is 0 Å². The highest BCUT2D eigenvalue weighted by molar-refractivity contribution is 7.92. The van der Waals surface area contributed by atoms with Crippen molar-refractivity contribution in [3.05, 3.63) is 95.6 Å². The van der Waals surface area contributed by atoms with Crippen molar-refractivity contribution >= 4 is 27.5 Å². The van der Waals surface area contributed by atoms with E-state index >= 15 is 0 Å². The molecular weight excluding hydrogens is 498 g/mol. The van der Waals surface area contributed by atoms with Gasteiger partial charge in [0, 0.05) is 12.1 Å². The topological polar surface area (TPSA) is 86.8 Å². The molecule has 0 unspecified atom stereocenters. The van der Waals surface area contributed by atoms with Crippen molar-refractivity contribution < 1.29 is 18.0 Å². The summed E-state index contributed by atoms with van der Waals surface area (Å²) in [5.41, 5.74) is 2.69. The molecule has 1 N–H and O–H groups in total. The maximum Gasteiger partial charge on any atom is 0.264 e. The first kappa shape index (κ1) is 28.9. The van der Waals surface area contributed by atoms with E-state index in [0.29, 0.717) is 5.69 Å². The number of sulfonamides is 1. The zero-order valence-corrected chi connectivity index (χ0v) is 23.7. The molecule has 3 rings (SSSR count). The van der Waals surface area contributed by atoms with E-state index in [4.69, 9.17) is 0 Å². The van der Waals surface area contributed by atoms with Gasteiger partial charge in [0.1, 0.15) is 12.6 Å². The zero-order valence-electron chi connectivity index (χ0n) is 22.9. The lowest BCUT2D eigenvalue weighted by atomic mass is 10.1. The van der Waals surface area contributed by atoms with Crippen molar-refractivity contribution in [1.29, 1.82) is 0 Å². The van der Waals surface area contributed by atoms with Crippen LogP contribution in [0.15, 0.2) is 83.8 Å². The molecule has 0 saturated heterocycles. The Morgan fingerprint density at radius 3 is 2.03 bits per heavy atom. The zero-order chi connectivity index (χ0) is 28.1. The Balaban J connectivity index is 2.03. The predicted molar refractivity (Wildman–Crippen MR) is 151 cm³/mol. The van der Waals surface area contributed by atoms with E-state index < -0.39 is 34.1 Å². The molecule has 3 aromatic carbocycles. The highest BCUT2D eigenvalue weighted by Gasteiger charge is 2.33. The number of nitrogens with zero attached hydrogens (tertiary/aromatic N) is 2. The van der Waals surface area contributed by atoms with E-state index in [9.17, 15) is 18.0 Å². The molecule has 0 saturated carbocycles. The normalized spacial score (nSPS) is 12.5. The third kappa shape index (κ3) is 7.22. The average Bonchev–Trinajstić information content (AvgIpc) is 2.86. The molecule has 202 valence electrons. The van der Waals surface area contributed by atoms with E-state index in [1.54, 1.807) is 49.4 Å². The second kappa shape index (κ2) is 11.8. The Morgan fingerprint density at radius 1 is 0.868 bits per heavy atom. The largest absolute Gasteiger partial charge is 0.350 e. The van der Waals surface area contributed by atoms with Gasteiger partial charge in [-0.3, -0.25) is 13.9 Å². The Hall–Kier alpha value is -3.65. The van der Waals surface area contributed by atoms with E-state index in [2.05, 4.69) is 5.32 Å². The third-order valence-electron chi connectivity index (χ3n) is 6.20. The van der Waals surface area contributed by atoms with Gasteiger partial charge in [0.15, 0.2) is 0 Å². The van der Waals surface area contributed by atoms with E-state index in [0.717, 1.165) is 21.0 Å². The summed E-state index contributed by atoms with van der Waals surface area (Å²) in [6.45, 7) is 10.8. The van der Waals surface area contributed by atoms with Gasteiger partial charge < -0.3 is 10.2 Å². The van der Waals surface area contributed by atoms with Gasteiger partial charge in [-0.05, 0) is 76.9 Å². The maximum atomic E-state index is 13.9. The van der Waals surface area contributed by atoms with Crippen LogP contribution < -0.4 is 9.62 Å². The first-order valence-electron chi connectivity index (χ1n) is 12.6. The first-order chi connectivity index (χ1) is 17.8. The standard InChI is InChI=1S/C30H37N3O4S/c1-22-16-18-26(19-17-22)33(38(36,37)27-14-8-7-9-15-27)21-28(34)32(20-25-13-11-10-12-23(25)2)24(3)29(35)31-30(4,5)6/h7-19,24H,20-21H2,1-6H3,(H,31,35)/t24-/m1/s1. The van der Waals surface area contributed by atoms with Gasteiger partial charge in [0.2, 0.25) is 11.8 Å². The third-order valence-corrected chi connectivity index (χ3v) is 7.99. The lowest BCUT2D eigenvalue weighted by molar-refractivity contribution is -0.140. The molecule has 0 radical (unpaired) electrons. The lowest BCUT2D eigenvalue weighted by Gasteiger charge is -2.33. The number of carbonyl (C=O) groups is 2. The summed E-state index contributed by atoms with van der Waals surface area (Å²) < 4.78 is 28.6. The van der Waals surface area contributed by atoms with Crippen LogP contribution in [0.3, 0.4) is 0 Å². The summed E-state index contributed by atoms with van der Waals surface area (Å²) in [6.07, 6.45) is 0. The minimum atomic E-state index is -4.07. The summed E-state index contributed by atoms with van der Waals surface area (Å²) in [7, 11) is -4.07. The van der Waals surface area contributed by atoms with Gasteiger partial charge >= 0.3 is 0 Å². The summed E-state index contributed by atoms with van der Waals surface area (Å²) >= 11 is 0. The molecule has 1 atom stereocenters. The molecule has 0 aliphatic carbocycles. The molecule has 0 spiro atoms. The van der Waals surface area contributed by atoms with Crippen molar-refractivity contribution in [2.75, 3.05) is 10.8 Å². The molecule has 0 aliphatic heterocycles. The molecule has 0 bridgehead atoms. The van der Waals surface area contributed by atoms with Gasteiger partial charge in [-0.15, -0.1) is 0 Å². The van der Waals surface area contributed by atoms with Crippen LogP contribution in [0.2, 0.25) is 0 Å². The van der Waals surface area contributed by atoms with Crippen LogP contribution in [0.25, 0.3) is 0 Å².